The van der Waals surface area contributed by atoms with Gasteiger partial charge in [-0.1, -0.05) is 62.4 Å². The number of carbonyl (C=O) groups is 1. The van der Waals surface area contributed by atoms with Crippen LogP contribution in [0.2, 0.25) is 0 Å². The van der Waals surface area contributed by atoms with E-state index in [0.29, 0.717) is 23.4 Å². The Morgan fingerprint density at radius 3 is 2.39 bits per heavy atom. The fraction of sp³-hybridized carbons (Fsp3) is 0.250. The summed E-state index contributed by atoms with van der Waals surface area (Å²) < 4.78 is 55.8. The first-order valence-electron chi connectivity index (χ1n) is 14.9. The average molecular weight is 643 g/mol. The Balaban J connectivity index is 1.51. The van der Waals surface area contributed by atoms with Gasteiger partial charge in [-0.15, -0.1) is 0 Å². The number of nitrogens with one attached hydrogen (secondary N) is 1. The van der Waals surface area contributed by atoms with E-state index in [-0.39, 0.29) is 52.1 Å². The number of para-hydroxylation sites is 1. The zero-order chi connectivity index (χ0) is 32.6. The molecule has 2 N–H and O–H groups in total. The van der Waals surface area contributed by atoms with Crippen LogP contribution in [0.3, 0.4) is 0 Å². The second-order valence-electron chi connectivity index (χ2n) is 12.4. The summed E-state index contributed by atoms with van der Waals surface area (Å²) in [5.41, 5.74) is 1.60. The first kappa shape index (κ1) is 31.2. The van der Waals surface area contributed by atoms with Crippen molar-refractivity contribution in [3.05, 3.63) is 124 Å². The molecule has 0 fully saturated rings. The Morgan fingerprint density at radius 2 is 1.70 bits per heavy atom. The highest BCUT2D eigenvalue weighted by Crippen LogP contribution is 2.51. The minimum absolute atomic E-state index is 0.0103. The molecule has 46 heavy (non-hydrogen) atoms. The summed E-state index contributed by atoms with van der Waals surface area (Å²) >= 11 is 0. The molecule has 4 aromatic carbocycles. The lowest BCUT2D eigenvalue weighted by Gasteiger charge is -2.37. The lowest BCUT2D eigenvalue weighted by atomic mass is 9.88. The number of nitrogens with zero attached hydrogens (tertiary/aromatic N) is 1. The molecule has 2 aliphatic rings. The summed E-state index contributed by atoms with van der Waals surface area (Å²) in [5, 5.41) is 14.2. The summed E-state index contributed by atoms with van der Waals surface area (Å²) in [4.78, 5) is 15.6. The van der Waals surface area contributed by atoms with Crippen molar-refractivity contribution in [3.63, 3.8) is 0 Å². The molecule has 0 bridgehead atoms. The maximum atomic E-state index is 16.3. The Hall–Kier alpha value is -4.83. The molecule has 8 nitrogen and oxygen atoms in total. The molecule has 0 aliphatic carbocycles. The first-order valence-corrected chi connectivity index (χ1v) is 16.6. The fourth-order valence-electron chi connectivity index (χ4n) is 6.22. The van der Waals surface area contributed by atoms with E-state index in [9.17, 15) is 18.3 Å². The number of aromatic hydroxyl groups is 1. The Morgan fingerprint density at radius 1 is 0.978 bits per heavy atom. The van der Waals surface area contributed by atoms with E-state index in [1.54, 1.807) is 49.6 Å². The van der Waals surface area contributed by atoms with Gasteiger partial charge in [0.1, 0.15) is 41.4 Å². The smallest absolute Gasteiger partial charge is 0.232 e. The van der Waals surface area contributed by atoms with Crippen molar-refractivity contribution in [2.24, 2.45) is 5.41 Å². The van der Waals surface area contributed by atoms with Crippen LogP contribution in [0.25, 0.3) is 0 Å². The van der Waals surface area contributed by atoms with E-state index in [2.05, 4.69) is 5.32 Å². The molecule has 0 saturated carbocycles. The summed E-state index contributed by atoms with van der Waals surface area (Å²) in [6.45, 7) is 3.90. The molecule has 1 unspecified atom stereocenters. The van der Waals surface area contributed by atoms with Crippen LogP contribution in [0.1, 0.15) is 43.0 Å². The Bertz CT molecular complexity index is 1920. The maximum absolute atomic E-state index is 16.3. The fourth-order valence-corrected chi connectivity index (χ4v) is 8.58. The van der Waals surface area contributed by atoms with Gasteiger partial charge >= 0.3 is 0 Å². The van der Waals surface area contributed by atoms with Crippen LogP contribution >= 0.6 is 0 Å². The maximum Gasteiger partial charge on any atom is 0.232 e. The van der Waals surface area contributed by atoms with E-state index in [4.69, 9.17) is 9.47 Å². The summed E-state index contributed by atoms with van der Waals surface area (Å²) in [7, 11) is -2.49. The standard InChI is InChI=1S/C36H35FN2O6S/c1-36(2)20-29-35(46(42,43)22-36)34(27-17-16-26(19-28(27)37)45-21-24-8-5-4-6-9-24)39(30-10-7-11-31(40)33(30)38-29)32(41)18-23-12-14-25(44-3)15-13-23/h4-17,19,34,38,40H,18,20-22H2,1-3H3. The second-order valence-corrected chi connectivity index (χ2v) is 14.3. The monoisotopic (exact) mass is 642 g/mol. The first-order chi connectivity index (χ1) is 22.0. The number of amides is 1. The molecule has 0 spiro atoms. The number of hydrogen-bond acceptors (Lipinski definition) is 7. The predicted octanol–water partition coefficient (Wildman–Crippen LogP) is 6.92. The molecule has 0 aromatic heterocycles. The van der Waals surface area contributed by atoms with Crippen molar-refractivity contribution in [1.29, 1.82) is 0 Å². The quantitative estimate of drug-likeness (QED) is 0.211. The molecular weight excluding hydrogens is 607 g/mol. The van der Waals surface area contributed by atoms with E-state index in [1.165, 1.54) is 23.1 Å². The third-order valence-electron chi connectivity index (χ3n) is 8.23. The highest BCUT2D eigenvalue weighted by molar-refractivity contribution is 7.95. The molecular formula is C36H35FN2O6S. The van der Waals surface area contributed by atoms with Gasteiger partial charge in [-0.25, -0.2) is 12.8 Å². The van der Waals surface area contributed by atoms with Crippen molar-refractivity contribution < 1.29 is 32.2 Å². The number of carbonyl (C=O) groups excluding carboxylic acids is 1. The van der Waals surface area contributed by atoms with Crippen LogP contribution in [-0.4, -0.2) is 32.3 Å². The minimum atomic E-state index is -4.04. The number of rotatable bonds is 7. The number of benzene rings is 4. The summed E-state index contributed by atoms with van der Waals surface area (Å²) in [6, 6.07) is 23.9. The number of halogens is 1. The number of hydrogen-bond donors (Lipinski definition) is 2. The zero-order valence-electron chi connectivity index (χ0n) is 25.8. The van der Waals surface area contributed by atoms with Gasteiger partial charge in [0.15, 0.2) is 9.84 Å². The topological polar surface area (TPSA) is 105 Å². The van der Waals surface area contributed by atoms with Gasteiger partial charge in [0.2, 0.25) is 5.91 Å². The Kier molecular flexibility index (Phi) is 8.24. The molecule has 1 amide bonds. The number of allylic oxidation sites excluding steroid dienone is 1. The van der Waals surface area contributed by atoms with Crippen molar-refractivity contribution >= 4 is 27.1 Å². The number of fused-ring (bicyclic) bond motifs is 1. The van der Waals surface area contributed by atoms with E-state index >= 15 is 4.39 Å². The van der Waals surface area contributed by atoms with Crippen molar-refractivity contribution in [2.45, 2.75) is 39.3 Å². The third-order valence-corrected chi connectivity index (χ3v) is 10.5. The molecule has 10 heteroatoms. The minimum Gasteiger partial charge on any atom is -0.506 e. The van der Waals surface area contributed by atoms with Crippen LogP contribution in [0.4, 0.5) is 15.8 Å². The molecule has 4 aromatic rings. The van der Waals surface area contributed by atoms with E-state index in [0.717, 1.165) is 5.56 Å². The SMILES string of the molecule is COc1ccc(CC(=O)N2c3cccc(O)c3NC3=C(C2c2ccc(OCc4ccccc4)cc2F)S(=O)(=O)CC(C)(C)C3)cc1. The number of anilines is 2. The zero-order valence-corrected chi connectivity index (χ0v) is 26.6. The molecule has 1 atom stereocenters. The summed E-state index contributed by atoms with van der Waals surface area (Å²) in [6.07, 6.45) is 0.176. The van der Waals surface area contributed by atoms with E-state index in [1.807, 2.05) is 44.2 Å². The van der Waals surface area contributed by atoms with E-state index < -0.39 is 33.0 Å². The van der Waals surface area contributed by atoms with Crippen molar-refractivity contribution in [2.75, 3.05) is 23.1 Å². The normalized spacial score (nSPS) is 18.1. The highest BCUT2D eigenvalue weighted by atomic mass is 32.2. The Labute approximate surface area is 268 Å². The van der Waals surface area contributed by atoms with Crippen LogP contribution in [0, 0.1) is 11.2 Å². The van der Waals surface area contributed by atoms with Gasteiger partial charge in [-0.3, -0.25) is 9.69 Å². The molecule has 0 saturated heterocycles. The molecule has 0 radical (unpaired) electrons. The number of sulfone groups is 1. The number of phenolic OH excluding ortho intramolecular Hbond substituents is 1. The number of ether oxygens (including phenoxy) is 2. The number of phenols is 1. The van der Waals surface area contributed by atoms with Gasteiger partial charge in [-0.2, -0.15) is 0 Å². The van der Waals surface area contributed by atoms with Crippen LogP contribution in [0.5, 0.6) is 17.2 Å². The highest BCUT2D eigenvalue weighted by Gasteiger charge is 2.47. The van der Waals surface area contributed by atoms with Crippen LogP contribution < -0.4 is 19.7 Å². The lowest BCUT2D eigenvalue weighted by Crippen LogP contribution is -2.42. The van der Waals surface area contributed by atoms with Crippen molar-refractivity contribution in [1.82, 2.24) is 0 Å². The largest absolute Gasteiger partial charge is 0.506 e. The lowest BCUT2D eigenvalue weighted by molar-refractivity contribution is -0.118. The van der Waals surface area contributed by atoms with Gasteiger partial charge in [0, 0.05) is 17.3 Å². The van der Waals surface area contributed by atoms with Gasteiger partial charge in [-0.05, 0) is 59.4 Å². The molecule has 2 heterocycles. The molecule has 238 valence electrons. The summed E-state index contributed by atoms with van der Waals surface area (Å²) in [5.74, 6) is -0.703. The molecule has 6 rings (SSSR count). The average Bonchev–Trinajstić information content (AvgIpc) is 3.15. The predicted molar refractivity (Wildman–Crippen MR) is 175 cm³/mol. The van der Waals surface area contributed by atoms with Gasteiger partial charge in [0.05, 0.1) is 29.9 Å². The van der Waals surface area contributed by atoms with Crippen molar-refractivity contribution in [3.8, 4) is 17.2 Å². The van der Waals surface area contributed by atoms with Gasteiger partial charge in [0.25, 0.3) is 0 Å². The number of methoxy groups -OCH3 is 1. The third kappa shape index (κ3) is 6.17. The molecule has 2 aliphatic heterocycles. The van der Waals surface area contributed by atoms with Crippen LogP contribution in [0.15, 0.2) is 102 Å². The van der Waals surface area contributed by atoms with Crippen LogP contribution in [-0.2, 0) is 27.7 Å². The second kappa shape index (κ2) is 12.2. The van der Waals surface area contributed by atoms with Gasteiger partial charge < -0.3 is 19.9 Å².